The Morgan fingerprint density at radius 2 is 1.86 bits per heavy atom. The summed E-state index contributed by atoms with van der Waals surface area (Å²) >= 11 is 0. The summed E-state index contributed by atoms with van der Waals surface area (Å²) in [5.74, 6) is 0.990. The lowest BCUT2D eigenvalue weighted by Crippen LogP contribution is -2.34. The first-order valence-corrected chi connectivity index (χ1v) is 7.83. The van der Waals surface area contributed by atoms with Gasteiger partial charge in [0.2, 0.25) is 0 Å². The molecule has 0 aliphatic carbocycles. The molecule has 1 aliphatic heterocycles. The van der Waals surface area contributed by atoms with Crippen molar-refractivity contribution < 1.29 is 9.47 Å². The Hall–Kier alpha value is -1.84. The second-order valence-corrected chi connectivity index (χ2v) is 5.84. The molecule has 1 heterocycles. The number of hydrogen-bond donors (Lipinski definition) is 1. The fourth-order valence-electron chi connectivity index (χ4n) is 2.92. The number of ether oxygens (including phenoxy) is 2. The fraction of sp³-hybridized carbons (Fsp3) is 0.368. The van der Waals surface area contributed by atoms with Crippen LogP contribution in [0.15, 0.2) is 42.5 Å². The van der Waals surface area contributed by atoms with Gasteiger partial charge in [-0.25, -0.2) is 0 Å². The molecule has 0 bridgehead atoms. The second kappa shape index (κ2) is 6.95. The van der Waals surface area contributed by atoms with Crippen molar-refractivity contribution in [2.45, 2.75) is 26.5 Å². The zero-order chi connectivity index (χ0) is 15.4. The van der Waals surface area contributed by atoms with Gasteiger partial charge in [-0.05, 0) is 36.1 Å². The molecule has 116 valence electrons. The Morgan fingerprint density at radius 3 is 2.50 bits per heavy atom. The quantitative estimate of drug-likeness (QED) is 0.936. The van der Waals surface area contributed by atoms with Crippen LogP contribution in [0.2, 0.25) is 0 Å². The molecule has 0 amide bonds. The van der Waals surface area contributed by atoms with Crippen LogP contribution < -0.4 is 10.1 Å². The highest BCUT2D eigenvalue weighted by molar-refractivity contribution is 5.44. The number of aryl methyl sites for hydroxylation is 2. The molecule has 0 radical (unpaired) electrons. The number of rotatable bonds is 4. The Morgan fingerprint density at radius 1 is 1.14 bits per heavy atom. The molecule has 1 saturated heterocycles. The molecule has 1 aliphatic rings. The average Bonchev–Trinajstić information content (AvgIpc) is 2.56. The van der Waals surface area contributed by atoms with Gasteiger partial charge in [0.15, 0.2) is 0 Å². The van der Waals surface area contributed by atoms with E-state index in [4.69, 9.17) is 9.47 Å². The van der Waals surface area contributed by atoms with E-state index in [2.05, 4.69) is 43.4 Å². The molecule has 3 heteroatoms. The summed E-state index contributed by atoms with van der Waals surface area (Å²) in [6.07, 6.45) is 0. The van der Waals surface area contributed by atoms with E-state index in [1.54, 1.807) is 0 Å². The van der Waals surface area contributed by atoms with Crippen LogP contribution in [0.5, 0.6) is 5.75 Å². The van der Waals surface area contributed by atoms with Crippen LogP contribution >= 0.6 is 0 Å². The van der Waals surface area contributed by atoms with E-state index in [-0.39, 0.29) is 6.04 Å². The van der Waals surface area contributed by atoms with Crippen LogP contribution in [0, 0.1) is 13.8 Å². The summed E-state index contributed by atoms with van der Waals surface area (Å²) in [5.41, 5.74) is 4.83. The Kier molecular flexibility index (Phi) is 4.76. The van der Waals surface area contributed by atoms with E-state index in [0.29, 0.717) is 6.61 Å². The average molecular weight is 297 g/mol. The van der Waals surface area contributed by atoms with Crippen LogP contribution in [-0.2, 0) is 11.3 Å². The molecule has 2 aromatic rings. The van der Waals surface area contributed by atoms with Crippen molar-refractivity contribution in [1.82, 2.24) is 5.32 Å². The van der Waals surface area contributed by atoms with Gasteiger partial charge in [0.25, 0.3) is 0 Å². The lowest BCUT2D eigenvalue weighted by atomic mass is 10.00. The molecular weight excluding hydrogens is 274 g/mol. The van der Waals surface area contributed by atoms with Crippen molar-refractivity contribution in [3.8, 4) is 5.75 Å². The maximum absolute atomic E-state index is 6.04. The van der Waals surface area contributed by atoms with Gasteiger partial charge in [0.05, 0.1) is 19.3 Å². The normalized spacial score (nSPS) is 18.2. The van der Waals surface area contributed by atoms with Crippen LogP contribution in [0.25, 0.3) is 0 Å². The number of hydrogen-bond acceptors (Lipinski definition) is 3. The zero-order valence-corrected chi connectivity index (χ0v) is 13.3. The maximum atomic E-state index is 6.04. The van der Waals surface area contributed by atoms with E-state index in [0.717, 1.165) is 25.5 Å². The standard InChI is InChI=1S/C19H23NO2/c1-14-10-17(18-13-21-9-8-20-18)11-15(2)19(14)22-12-16-6-4-3-5-7-16/h3-7,10-11,18,20H,8-9,12-13H2,1-2H3/t18-/m1/s1. The first kappa shape index (κ1) is 15.1. The Balaban J connectivity index is 1.74. The van der Waals surface area contributed by atoms with Crippen LogP contribution in [0.3, 0.4) is 0 Å². The van der Waals surface area contributed by atoms with Gasteiger partial charge in [-0.2, -0.15) is 0 Å². The number of benzene rings is 2. The summed E-state index contributed by atoms with van der Waals surface area (Å²) in [4.78, 5) is 0. The predicted molar refractivity (Wildman–Crippen MR) is 88.3 cm³/mol. The third-order valence-electron chi connectivity index (χ3n) is 4.03. The highest BCUT2D eigenvalue weighted by Gasteiger charge is 2.17. The Labute approximate surface area is 132 Å². The minimum atomic E-state index is 0.286. The first-order valence-electron chi connectivity index (χ1n) is 7.83. The largest absolute Gasteiger partial charge is 0.488 e. The van der Waals surface area contributed by atoms with Crippen molar-refractivity contribution in [1.29, 1.82) is 0 Å². The maximum Gasteiger partial charge on any atom is 0.125 e. The summed E-state index contributed by atoms with van der Waals surface area (Å²) in [5, 5.41) is 3.50. The highest BCUT2D eigenvalue weighted by Crippen LogP contribution is 2.29. The van der Waals surface area contributed by atoms with E-state index in [1.807, 2.05) is 18.2 Å². The van der Waals surface area contributed by atoms with E-state index in [1.165, 1.54) is 22.3 Å². The minimum Gasteiger partial charge on any atom is -0.488 e. The number of nitrogens with one attached hydrogen (secondary N) is 1. The van der Waals surface area contributed by atoms with E-state index >= 15 is 0 Å². The van der Waals surface area contributed by atoms with E-state index < -0.39 is 0 Å². The Bertz CT molecular complexity index is 596. The zero-order valence-electron chi connectivity index (χ0n) is 13.3. The second-order valence-electron chi connectivity index (χ2n) is 5.84. The van der Waals surface area contributed by atoms with Gasteiger partial charge in [-0.3, -0.25) is 0 Å². The smallest absolute Gasteiger partial charge is 0.125 e. The summed E-state index contributed by atoms with van der Waals surface area (Å²) < 4.78 is 11.6. The summed E-state index contributed by atoms with van der Waals surface area (Å²) in [6, 6.07) is 15.0. The lowest BCUT2D eigenvalue weighted by Gasteiger charge is -2.25. The first-order chi connectivity index (χ1) is 10.7. The molecular formula is C19H23NO2. The molecule has 3 nitrogen and oxygen atoms in total. The topological polar surface area (TPSA) is 30.5 Å². The van der Waals surface area contributed by atoms with Crippen molar-refractivity contribution in [3.63, 3.8) is 0 Å². The van der Waals surface area contributed by atoms with Crippen LogP contribution in [0.4, 0.5) is 0 Å². The van der Waals surface area contributed by atoms with Crippen molar-refractivity contribution in [3.05, 3.63) is 64.7 Å². The molecule has 22 heavy (non-hydrogen) atoms. The van der Waals surface area contributed by atoms with E-state index in [9.17, 15) is 0 Å². The third-order valence-corrected chi connectivity index (χ3v) is 4.03. The SMILES string of the molecule is Cc1cc([C@H]2COCCN2)cc(C)c1OCc1ccccc1. The molecule has 1 fully saturated rings. The van der Waals surface area contributed by atoms with Gasteiger partial charge >= 0.3 is 0 Å². The molecule has 0 spiro atoms. The van der Waals surface area contributed by atoms with Gasteiger partial charge < -0.3 is 14.8 Å². The van der Waals surface area contributed by atoms with Gasteiger partial charge in [0, 0.05) is 6.54 Å². The molecule has 0 unspecified atom stereocenters. The highest BCUT2D eigenvalue weighted by atomic mass is 16.5. The van der Waals surface area contributed by atoms with Gasteiger partial charge in [-0.1, -0.05) is 42.5 Å². The summed E-state index contributed by atoms with van der Waals surface area (Å²) in [7, 11) is 0. The molecule has 0 saturated carbocycles. The van der Waals surface area contributed by atoms with Crippen LogP contribution in [-0.4, -0.2) is 19.8 Å². The van der Waals surface area contributed by atoms with Crippen molar-refractivity contribution >= 4 is 0 Å². The number of morpholine rings is 1. The molecule has 1 N–H and O–H groups in total. The van der Waals surface area contributed by atoms with Crippen LogP contribution in [0.1, 0.15) is 28.3 Å². The van der Waals surface area contributed by atoms with Gasteiger partial charge in [0.1, 0.15) is 12.4 Å². The summed E-state index contributed by atoms with van der Waals surface area (Å²) in [6.45, 7) is 7.28. The fourth-order valence-corrected chi connectivity index (χ4v) is 2.92. The molecule has 1 atom stereocenters. The van der Waals surface area contributed by atoms with Crippen molar-refractivity contribution in [2.24, 2.45) is 0 Å². The minimum absolute atomic E-state index is 0.286. The molecule has 3 rings (SSSR count). The molecule has 0 aromatic heterocycles. The molecule has 2 aromatic carbocycles. The van der Waals surface area contributed by atoms with Crippen molar-refractivity contribution in [2.75, 3.05) is 19.8 Å². The lowest BCUT2D eigenvalue weighted by molar-refractivity contribution is 0.0768. The monoisotopic (exact) mass is 297 g/mol. The third kappa shape index (κ3) is 3.49. The predicted octanol–water partition coefficient (Wildman–Crippen LogP) is 3.54. The van der Waals surface area contributed by atoms with Gasteiger partial charge in [-0.15, -0.1) is 0 Å².